The topological polar surface area (TPSA) is 80.4 Å². The van der Waals surface area contributed by atoms with Crippen molar-refractivity contribution in [3.63, 3.8) is 0 Å². The van der Waals surface area contributed by atoms with Gasteiger partial charge in [0.1, 0.15) is 17.2 Å². The van der Waals surface area contributed by atoms with Crippen molar-refractivity contribution in [1.82, 2.24) is 4.98 Å². The number of nitrogens with zero attached hydrogens (tertiary/aromatic N) is 2. The molecule has 0 unspecified atom stereocenters. The summed E-state index contributed by atoms with van der Waals surface area (Å²) in [5.74, 6) is -1.42. The van der Waals surface area contributed by atoms with Gasteiger partial charge in [0.15, 0.2) is 0 Å². The number of pyridine rings is 1. The molecule has 0 saturated heterocycles. The van der Waals surface area contributed by atoms with Gasteiger partial charge < -0.3 is 11.1 Å². The van der Waals surface area contributed by atoms with Crippen LogP contribution < -0.4 is 11.1 Å². The summed E-state index contributed by atoms with van der Waals surface area (Å²) < 4.78 is 51.5. The molecule has 2 aromatic rings. The number of amides is 1. The first kappa shape index (κ1) is 17.4. The van der Waals surface area contributed by atoms with Crippen LogP contribution in [-0.4, -0.2) is 16.7 Å². The van der Waals surface area contributed by atoms with Gasteiger partial charge in [0.05, 0.1) is 11.4 Å². The molecule has 0 saturated carbocycles. The van der Waals surface area contributed by atoms with E-state index in [1.807, 2.05) is 0 Å². The molecule has 0 fully saturated rings. The van der Waals surface area contributed by atoms with Crippen molar-refractivity contribution in [2.45, 2.75) is 13.1 Å². The lowest BCUT2D eigenvalue weighted by atomic mass is 10.2. The highest BCUT2D eigenvalue weighted by Gasteiger charge is 2.31. The van der Waals surface area contributed by atoms with E-state index in [4.69, 9.17) is 5.73 Å². The van der Waals surface area contributed by atoms with Crippen LogP contribution in [0.1, 0.15) is 23.0 Å². The fourth-order valence-corrected chi connectivity index (χ4v) is 1.79. The number of amidine groups is 1. The third-order valence-electron chi connectivity index (χ3n) is 2.82. The van der Waals surface area contributed by atoms with Crippen molar-refractivity contribution in [2.24, 2.45) is 10.7 Å². The Balaban J connectivity index is 2.26. The third-order valence-corrected chi connectivity index (χ3v) is 2.82. The SMILES string of the molecule is CC(N)=Nc1cc(NC(=O)c2cc(C(F)(F)F)ccn2)ccc1F. The van der Waals surface area contributed by atoms with Gasteiger partial charge in [-0.3, -0.25) is 9.78 Å². The zero-order valence-electron chi connectivity index (χ0n) is 12.4. The fourth-order valence-electron chi connectivity index (χ4n) is 1.79. The van der Waals surface area contributed by atoms with E-state index in [0.717, 1.165) is 18.3 Å². The van der Waals surface area contributed by atoms with E-state index in [9.17, 15) is 22.4 Å². The van der Waals surface area contributed by atoms with E-state index in [-0.39, 0.29) is 17.2 Å². The van der Waals surface area contributed by atoms with E-state index in [1.54, 1.807) is 0 Å². The number of aliphatic imine (C=N–C) groups is 1. The molecule has 2 rings (SSSR count). The molecule has 24 heavy (non-hydrogen) atoms. The zero-order chi connectivity index (χ0) is 17.9. The molecule has 3 N–H and O–H groups in total. The molecule has 1 aromatic carbocycles. The van der Waals surface area contributed by atoms with Crippen LogP contribution in [0.15, 0.2) is 41.5 Å². The molecule has 0 radical (unpaired) electrons. The maximum Gasteiger partial charge on any atom is 0.416 e. The number of nitrogens with one attached hydrogen (secondary N) is 1. The van der Waals surface area contributed by atoms with Gasteiger partial charge in [-0.05, 0) is 37.3 Å². The minimum absolute atomic E-state index is 0.107. The van der Waals surface area contributed by atoms with Crippen LogP contribution in [-0.2, 0) is 6.18 Å². The van der Waals surface area contributed by atoms with Crippen molar-refractivity contribution < 1.29 is 22.4 Å². The standard InChI is InChI=1S/C15H12F4N4O/c1-8(20)22-12-7-10(2-3-11(12)16)23-14(24)13-6-9(4-5-21-13)15(17,18)19/h2-7H,1H3,(H2,20,22)(H,23,24). The Hall–Kier alpha value is -2.97. The minimum Gasteiger partial charge on any atom is -0.387 e. The Morgan fingerprint density at radius 3 is 2.58 bits per heavy atom. The summed E-state index contributed by atoms with van der Waals surface area (Å²) in [6.07, 6.45) is -3.70. The minimum atomic E-state index is -4.59. The summed E-state index contributed by atoms with van der Waals surface area (Å²) in [4.78, 5) is 19.4. The van der Waals surface area contributed by atoms with Crippen LogP contribution >= 0.6 is 0 Å². The number of benzene rings is 1. The number of alkyl halides is 3. The van der Waals surface area contributed by atoms with Gasteiger partial charge in [-0.15, -0.1) is 0 Å². The lowest BCUT2D eigenvalue weighted by Gasteiger charge is -2.09. The second-order valence-electron chi connectivity index (χ2n) is 4.80. The molecule has 1 aromatic heterocycles. The van der Waals surface area contributed by atoms with Crippen LogP contribution in [0.5, 0.6) is 0 Å². The normalized spacial score (nSPS) is 12.1. The summed E-state index contributed by atoms with van der Waals surface area (Å²) in [5, 5.41) is 2.33. The Kier molecular flexibility index (Phi) is 4.82. The molecule has 5 nitrogen and oxygen atoms in total. The maximum absolute atomic E-state index is 13.6. The van der Waals surface area contributed by atoms with Crippen molar-refractivity contribution in [2.75, 3.05) is 5.32 Å². The number of hydrogen-bond donors (Lipinski definition) is 2. The van der Waals surface area contributed by atoms with E-state index in [1.165, 1.54) is 19.1 Å². The smallest absolute Gasteiger partial charge is 0.387 e. The largest absolute Gasteiger partial charge is 0.416 e. The first-order chi connectivity index (χ1) is 11.2. The van der Waals surface area contributed by atoms with Gasteiger partial charge in [-0.2, -0.15) is 13.2 Å². The van der Waals surface area contributed by atoms with Crippen LogP contribution in [0, 0.1) is 5.82 Å². The number of carbonyl (C=O) groups excluding carboxylic acids is 1. The quantitative estimate of drug-likeness (QED) is 0.510. The maximum atomic E-state index is 13.6. The van der Waals surface area contributed by atoms with Crippen molar-refractivity contribution in [1.29, 1.82) is 0 Å². The number of nitrogens with two attached hydrogens (primary N) is 1. The third kappa shape index (κ3) is 4.28. The van der Waals surface area contributed by atoms with Crippen LogP contribution in [0.25, 0.3) is 0 Å². The molecule has 0 atom stereocenters. The highest BCUT2D eigenvalue weighted by molar-refractivity contribution is 6.03. The zero-order valence-corrected chi connectivity index (χ0v) is 12.4. The average molecular weight is 340 g/mol. The molecule has 9 heteroatoms. The number of carbonyl (C=O) groups is 1. The van der Waals surface area contributed by atoms with Crippen LogP contribution in [0.3, 0.4) is 0 Å². The molecule has 126 valence electrons. The first-order valence-corrected chi connectivity index (χ1v) is 6.62. The summed E-state index contributed by atoms with van der Waals surface area (Å²) in [6.45, 7) is 1.46. The van der Waals surface area contributed by atoms with Gasteiger partial charge in [-0.25, -0.2) is 9.38 Å². The monoisotopic (exact) mass is 340 g/mol. The number of aromatic nitrogens is 1. The van der Waals surface area contributed by atoms with Gasteiger partial charge in [0.2, 0.25) is 0 Å². The van der Waals surface area contributed by atoms with Crippen molar-refractivity contribution in [3.8, 4) is 0 Å². The molecule has 1 heterocycles. The highest BCUT2D eigenvalue weighted by atomic mass is 19.4. The van der Waals surface area contributed by atoms with Crippen molar-refractivity contribution >= 4 is 23.1 Å². The predicted octanol–water partition coefficient (Wildman–Crippen LogP) is 3.50. The van der Waals surface area contributed by atoms with E-state index in [0.29, 0.717) is 6.07 Å². The van der Waals surface area contributed by atoms with E-state index >= 15 is 0 Å². The average Bonchev–Trinajstić information content (AvgIpc) is 2.49. The predicted molar refractivity (Wildman–Crippen MR) is 80.5 cm³/mol. The number of anilines is 1. The van der Waals surface area contributed by atoms with Gasteiger partial charge in [0.25, 0.3) is 5.91 Å². The molecule has 0 aliphatic carbocycles. The lowest BCUT2D eigenvalue weighted by molar-refractivity contribution is -0.137. The molecule has 0 aliphatic rings. The summed E-state index contributed by atoms with van der Waals surface area (Å²) >= 11 is 0. The number of hydrogen-bond acceptors (Lipinski definition) is 3. The van der Waals surface area contributed by atoms with Gasteiger partial charge >= 0.3 is 6.18 Å². The first-order valence-electron chi connectivity index (χ1n) is 6.62. The second-order valence-corrected chi connectivity index (χ2v) is 4.80. The number of rotatable bonds is 3. The highest BCUT2D eigenvalue weighted by Crippen LogP contribution is 2.29. The summed E-state index contributed by atoms with van der Waals surface area (Å²) in [5.41, 5.74) is 3.99. The van der Waals surface area contributed by atoms with Crippen LogP contribution in [0.2, 0.25) is 0 Å². The van der Waals surface area contributed by atoms with E-state index in [2.05, 4.69) is 15.3 Å². The van der Waals surface area contributed by atoms with Crippen LogP contribution in [0.4, 0.5) is 28.9 Å². The lowest BCUT2D eigenvalue weighted by Crippen LogP contribution is -2.15. The van der Waals surface area contributed by atoms with E-state index < -0.39 is 29.2 Å². The molecular weight excluding hydrogens is 328 g/mol. The summed E-state index contributed by atoms with van der Waals surface area (Å²) in [7, 11) is 0. The Bertz CT molecular complexity index is 798. The molecule has 0 bridgehead atoms. The van der Waals surface area contributed by atoms with Gasteiger partial charge in [-0.1, -0.05) is 0 Å². The molecular formula is C15H12F4N4O. The Morgan fingerprint density at radius 2 is 1.96 bits per heavy atom. The molecule has 0 aliphatic heterocycles. The number of halogens is 4. The van der Waals surface area contributed by atoms with Gasteiger partial charge in [0, 0.05) is 11.9 Å². The second kappa shape index (κ2) is 6.65. The van der Waals surface area contributed by atoms with Crippen molar-refractivity contribution in [3.05, 3.63) is 53.6 Å². The summed E-state index contributed by atoms with van der Waals surface area (Å²) in [6, 6.07) is 4.88. The Labute approximate surface area is 134 Å². The molecule has 0 spiro atoms. The Morgan fingerprint density at radius 1 is 1.25 bits per heavy atom. The molecule has 1 amide bonds. The fraction of sp³-hybridized carbons (Fsp3) is 0.133.